The molecule has 1 saturated heterocycles. The summed E-state index contributed by atoms with van der Waals surface area (Å²) < 4.78 is 5.58. The zero-order valence-electron chi connectivity index (χ0n) is 14.1. The van der Waals surface area contributed by atoms with E-state index in [2.05, 4.69) is 17.2 Å². The van der Waals surface area contributed by atoms with Crippen LogP contribution in [0.1, 0.15) is 33.1 Å². The van der Waals surface area contributed by atoms with E-state index in [-0.39, 0.29) is 30.0 Å². The Kier molecular flexibility index (Phi) is 7.98. The number of amides is 1. The maximum atomic E-state index is 11.6. The van der Waals surface area contributed by atoms with E-state index >= 15 is 0 Å². The Morgan fingerprint density at radius 1 is 1.52 bits per heavy atom. The first-order valence-electron chi connectivity index (χ1n) is 7.97. The van der Waals surface area contributed by atoms with Crippen LogP contribution in [-0.4, -0.2) is 48.3 Å². The topological polar surface area (TPSA) is 87.7 Å². The molecule has 0 bridgehead atoms. The number of nitrogens with one attached hydrogen (secondary N) is 2. The number of carbonyl (C=O) groups excluding carboxylic acids is 1. The van der Waals surface area contributed by atoms with Gasteiger partial charge in [-0.3, -0.25) is 14.9 Å². The molecule has 1 aliphatic rings. The van der Waals surface area contributed by atoms with Crippen LogP contribution in [-0.2, 0) is 14.3 Å². The van der Waals surface area contributed by atoms with Gasteiger partial charge < -0.3 is 15.2 Å². The fourth-order valence-electron chi connectivity index (χ4n) is 3.21. The van der Waals surface area contributed by atoms with Crippen LogP contribution >= 0.6 is 0 Å². The second kappa shape index (κ2) is 9.47. The van der Waals surface area contributed by atoms with Crippen molar-refractivity contribution in [2.45, 2.75) is 57.3 Å². The number of aliphatic carboxylic acids is 1. The lowest BCUT2D eigenvalue weighted by Crippen LogP contribution is -2.57. The molecule has 0 saturated carbocycles. The van der Waals surface area contributed by atoms with E-state index in [0.29, 0.717) is 12.8 Å². The lowest BCUT2D eigenvalue weighted by atomic mass is 9.88. The molecule has 23 heavy (non-hydrogen) atoms. The first-order chi connectivity index (χ1) is 10.9. The van der Waals surface area contributed by atoms with Crippen LogP contribution in [0.3, 0.4) is 0 Å². The van der Waals surface area contributed by atoms with Gasteiger partial charge in [-0.25, -0.2) is 0 Å². The number of hydrogen-bond donors (Lipinski definition) is 3. The average molecular weight is 324 g/mol. The molecule has 5 atom stereocenters. The van der Waals surface area contributed by atoms with Gasteiger partial charge in [0.2, 0.25) is 5.91 Å². The van der Waals surface area contributed by atoms with Crippen molar-refractivity contribution in [2.75, 3.05) is 7.11 Å². The summed E-state index contributed by atoms with van der Waals surface area (Å²) in [4.78, 5) is 23.0. The van der Waals surface area contributed by atoms with Crippen molar-refractivity contribution >= 4 is 11.9 Å². The molecule has 1 aliphatic heterocycles. The van der Waals surface area contributed by atoms with Gasteiger partial charge in [0.15, 0.2) is 0 Å². The first-order valence-corrected chi connectivity index (χ1v) is 7.97. The molecule has 0 spiro atoms. The molecular weight excluding hydrogens is 296 g/mol. The highest BCUT2D eigenvalue weighted by molar-refractivity contribution is 5.75. The number of methoxy groups -OCH3 is 1. The maximum Gasteiger partial charge on any atom is 0.320 e. The van der Waals surface area contributed by atoms with Crippen LogP contribution < -0.4 is 10.6 Å². The number of rotatable bonds is 9. The molecule has 0 unspecified atom stereocenters. The standard InChI is InChI=1S/C17H28N2O4/c1-5-7-9-14(23-4)16(18-11(3)20)15-12(8-6-2)10-13(19-15)17(21)22/h5-6,8,12-16,19H,1,7,9-10H2,2-4H3,(H,18,20)(H,21,22)/t12-,13-,14+,15-,16+/m1/s1. The van der Waals surface area contributed by atoms with E-state index < -0.39 is 12.0 Å². The fraction of sp³-hybridized carbons (Fsp3) is 0.647. The van der Waals surface area contributed by atoms with Crippen LogP contribution in [0.4, 0.5) is 0 Å². The summed E-state index contributed by atoms with van der Waals surface area (Å²) in [6.07, 6.45) is 7.48. The first kappa shape index (κ1) is 19.4. The summed E-state index contributed by atoms with van der Waals surface area (Å²) in [6.45, 7) is 7.08. The quantitative estimate of drug-likeness (QED) is 0.559. The smallest absolute Gasteiger partial charge is 0.320 e. The van der Waals surface area contributed by atoms with Gasteiger partial charge in [0.05, 0.1) is 12.1 Å². The van der Waals surface area contributed by atoms with Gasteiger partial charge in [-0.05, 0) is 32.1 Å². The fourth-order valence-corrected chi connectivity index (χ4v) is 3.21. The lowest BCUT2D eigenvalue weighted by molar-refractivity contribution is -0.139. The molecule has 0 aliphatic carbocycles. The van der Waals surface area contributed by atoms with Crippen LogP contribution in [0.5, 0.6) is 0 Å². The van der Waals surface area contributed by atoms with Gasteiger partial charge in [0.25, 0.3) is 0 Å². The number of carboxylic acids is 1. The molecule has 1 heterocycles. The number of carbonyl (C=O) groups is 2. The third-order valence-corrected chi connectivity index (χ3v) is 4.22. The minimum absolute atomic E-state index is 0.0272. The summed E-state index contributed by atoms with van der Waals surface area (Å²) in [5, 5.41) is 15.4. The highest BCUT2D eigenvalue weighted by atomic mass is 16.5. The van der Waals surface area contributed by atoms with Crippen LogP contribution in [0.15, 0.2) is 24.8 Å². The number of hydrogen-bond acceptors (Lipinski definition) is 4. The predicted molar refractivity (Wildman–Crippen MR) is 89.1 cm³/mol. The lowest BCUT2D eigenvalue weighted by Gasteiger charge is -2.34. The van der Waals surface area contributed by atoms with E-state index in [1.54, 1.807) is 7.11 Å². The Morgan fingerprint density at radius 3 is 2.70 bits per heavy atom. The van der Waals surface area contributed by atoms with E-state index in [1.165, 1.54) is 6.92 Å². The summed E-state index contributed by atoms with van der Waals surface area (Å²) in [5.41, 5.74) is 0. The van der Waals surface area contributed by atoms with Crippen molar-refractivity contribution in [2.24, 2.45) is 5.92 Å². The molecule has 1 fully saturated rings. The molecule has 1 rings (SSSR count). The largest absolute Gasteiger partial charge is 0.480 e. The second-order valence-electron chi connectivity index (χ2n) is 5.88. The Balaban J connectivity index is 3.03. The molecule has 6 heteroatoms. The SMILES string of the molecule is C=CCC[C@H](OC)[C@H](NC(C)=O)[C@@H]1N[C@@H](C(=O)O)C[C@H]1C=CC. The monoisotopic (exact) mass is 324 g/mol. The summed E-state index contributed by atoms with van der Waals surface area (Å²) in [5.74, 6) is -1.00. The van der Waals surface area contributed by atoms with Crippen LogP contribution in [0.2, 0.25) is 0 Å². The molecular formula is C17H28N2O4. The Hall–Kier alpha value is -1.66. The zero-order chi connectivity index (χ0) is 17.4. The number of allylic oxidation sites excluding steroid dienone is 2. The molecule has 6 nitrogen and oxygen atoms in total. The van der Waals surface area contributed by atoms with Crippen LogP contribution in [0.25, 0.3) is 0 Å². The molecule has 130 valence electrons. The number of carboxylic acid groups (broad SMARTS) is 1. The minimum atomic E-state index is -0.872. The second-order valence-corrected chi connectivity index (χ2v) is 5.88. The Bertz CT molecular complexity index is 450. The molecule has 3 N–H and O–H groups in total. The van der Waals surface area contributed by atoms with Gasteiger partial charge in [0.1, 0.15) is 6.04 Å². The summed E-state index contributed by atoms with van der Waals surface area (Å²) in [7, 11) is 1.61. The summed E-state index contributed by atoms with van der Waals surface area (Å²) >= 11 is 0. The van der Waals surface area contributed by atoms with Crippen molar-refractivity contribution < 1.29 is 19.4 Å². The Labute approximate surface area is 138 Å². The van der Waals surface area contributed by atoms with Gasteiger partial charge >= 0.3 is 5.97 Å². The Morgan fingerprint density at radius 2 is 2.22 bits per heavy atom. The van der Waals surface area contributed by atoms with Gasteiger partial charge in [-0.2, -0.15) is 0 Å². The van der Waals surface area contributed by atoms with Crippen molar-refractivity contribution in [3.05, 3.63) is 24.8 Å². The third kappa shape index (κ3) is 5.48. The number of ether oxygens (including phenoxy) is 1. The minimum Gasteiger partial charge on any atom is -0.480 e. The van der Waals surface area contributed by atoms with E-state index in [1.807, 2.05) is 25.2 Å². The third-order valence-electron chi connectivity index (χ3n) is 4.22. The summed E-state index contributed by atoms with van der Waals surface area (Å²) in [6, 6.07) is -1.11. The van der Waals surface area contributed by atoms with Gasteiger partial charge in [-0.15, -0.1) is 6.58 Å². The van der Waals surface area contributed by atoms with Crippen molar-refractivity contribution in [1.29, 1.82) is 0 Å². The van der Waals surface area contributed by atoms with Gasteiger partial charge in [-0.1, -0.05) is 18.2 Å². The molecule has 1 amide bonds. The van der Waals surface area contributed by atoms with Gasteiger partial charge in [0, 0.05) is 20.1 Å². The molecule has 0 aromatic carbocycles. The highest BCUT2D eigenvalue weighted by Crippen LogP contribution is 2.27. The van der Waals surface area contributed by atoms with Crippen molar-refractivity contribution in [3.63, 3.8) is 0 Å². The predicted octanol–water partition coefficient (Wildman–Crippen LogP) is 1.48. The van der Waals surface area contributed by atoms with E-state index in [9.17, 15) is 14.7 Å². The van der Waals surface area contributed by atoms with Crippen LogP contribution in [0, 0.1) is 5.92 Å². The normalized spacial score (nSPS) is 26.8. The molecule has 0 aromatic rings. The van der Waals surface area contributed by atoms with Crippen molar-refractivity contribution in [3.8, 4) is 0 Å². The van der Waals surface area contributed by atoms with E-state index in [0.717, 1.165) is 6.42 Å². The average Bonchev–Trinajstić information content (AvgIpc) is 2.91. The zero-order valence-corrected chi connectivity index (χ0v) is 14.1. The van der Waals surface area contributed by atoms with E-state index in [4.69, 9.17) is 4.74 Å². The molecule has 0 aromatic heterocycles. The maximum absolute atomic E-state index is 11.6. The van der Waals surface area contributed by atoms with Crippen molar-refractivity contribution in [1.82, 2.24) is 10.6 Å². The molecule has 0 radical (unpaired) electrons. The highest BCUT2D eigenvalue weighted by Gasteiger charge is 2.43.